The highest BCUT2D eigenvalue weighted by Crippen LogP contribution is 2.19. The Kier molecular flexibility index (Phi) is 6.22. The van der Waals surface area contributed by atoms with E-state index in [1.807, 2.05) is 36.1 Å². The smallest absolute Gasteiger partial charge is 0.222 e. The van der Waals surface area contributed by atoms with E-state index in [2.05, 4.69) is 20.1 Å². The molecular formula is C19H27N5O2. The van der Waals surface area contributed by atoms with E-state index in [0.717, 1.165) is 62.1 Å². The van der Waals surface area contributed by atoms with Crippen LogP contribution in [-0.4, -0.2) is 64.2 Å². The number of nitrogens with one attached hydrogen (secondary N) is 1. The number of hydrogen-bond acceptors (Lipinski definition) is 5. The van der Waals surface area contributed by atoms with Crippen LogP contribution < -0.4 is 4.74 Å². The van der Waals surface area contributed by atoms with E-state index in [1.165, 1.54) is 0 Å². The number of para-hydroxylation sites is 1. The van der Waals surface area contributed by atoms with Gasteiger partial charge in [-0.1, -0.05) is 18.2 Å². The van der Waals surface area contributed by atoms with Crippen LogP contribution in [0.3, 0.4) is 0 Å². The summed E-state index contributed by atoms with van der Waals surface area (Å²) in [6, 6.07) is 7.89. The fourth-order valence-electron chi connectivity index (χ4n) is 3.35. The van der Waals surface area contributed by atoms with Crippen molar-refractivity contribution >= 4 is 5.91 Å². The first-order valence-corrected chi connectivity index (χ1v) is 9.15. The molecule has 3 rings (SSSR count). The second-order valence-electron chi connectivity index (χ2n) is 6.66. The van der Waals surface area contributed by atoms with Crippen LogP contribution in [0.4, 0.5) is 0 Å². The number of carbonyl (C=O) groups excluding carboxylic acids is 1. The molecule has 7 nitrogen and oxygen atoms in total. The highest BCUT2D eigenvalue weighted by atomic mass is 16.5. The molecule has 26 heavy (non-hydrogen) atoms. The summed E-state index contributed by atoms with van der Waals surface area (Å²) >= 11 is 0. The van der Waals surface area contributed by atoms with Gasteiger partial charge in [-0.15, -0.1) is 0 Å². The molecule has 2 heterocycles. The fraction of sp³-hybridized carbons (Fsp3) is 0.526. The minimum atomic E-state index is 0.214. The number of rotatable bonds is 6. The predicted octanol–water partition coefficient (Wildman–Crippen LogP) is 1.79. The van der Waals surface area contributed by atoms with Crippen molar-refractivity contribution in [3.63, 3.8) is 0 Å². The molecule has 2 aromatic rings. The number of hydrogen-bond donors (Lipinski definition) is 1. The van der Waals surface area contributed by atoms with Crippen molar-refractivity contribution in [2.45, 2.75) is 32.7 Å². The minimum Gasteiger partial charge on any atom is -0.496 e. The third kappa shape index (κ3) is 4.82. The highest BCUT2D eigenvalue weighted by Gasteiger charge is 2.20. The van der Waals surface area contributed by atoms with Gasteiger partial charge in [-0.05, 0) is 31.4 Å². The Bertz CT molecular complexity index is 730. The van der Waals surface area contributed by atoms with Crippen molar-refractivity contribution in [3.05, 3.63) is 41.5 Å². The molecule has 1 aromatic heterocycles. The number of aromatic nitrogens is 3. The van der Waals surface area contributed by atoms with Gasteiger partial charge in [0, 0.05) is 32.6 Å². The number of methoxy groups -OCH3 is 1. The number of amides is 1. The fourth-order valence-corrected chi connectivity index (χ4v) is 3.35. The third-order valence-electron chi connectivity index (χ3n) is 4.75. The molecule has 1 amide bonds. The maximum absolute atomic E-state index is 12.6. The monoisotopic (exact) mass is 357 g/mol. The Morgan fingerprint density at radius 3 is 2.85 bits per heavy atom. The van der Waals surface area contributed by atoms with Gasteiger partial charge in [-0.25, -0.2) is 4.98 Å². The van der Waals surface area contributed by atoms with Crippen LogP contribution in [0.2, 0.25) is 0 Å². The number of aryl methyl sites for hydroxylation is 2. The van der Waals surface area contributed by atoms with Crippen LogP contribution in [0.25, 0.3) is 0 Å². The quantitative estimate of drug-likeness (QED) is 0.853. The molecule has 0 atom stereocenters. The van der Waals surface area contributed by atoms with Gasteiger partial charge in [0.2, 0.25) is 5.91 Å². The van der Waals surface area contributed by atoms with E-state index in [0.29, 0.717) is 12.8 Å². The van der Waals surface area contributed by atoms with Gasteiger partial charge in [0.25, 0.3) is 0 Å². The van der Waals surface area contributed by atoms with Gasteiger partial charge < -0.3 is 9.64 Å². The molecule has 1 N–H and O–H groups in total. The number of H-pyrrole nitrogens is 1. The third-order valence-corrected chi connectivity index (χ3v) is 4.75. The maximum atomic E-state index is 12.6. The standard InChI is InChI=1S/C19H27N5O2/c1-15-20-18(22-21-15)14-23-10-5-11-24(13-12-23)19(25)9-8-16-6-3-4-7-17(16)26-2/h3-4,6-7H,5,8-14H2,1-2H3,(H,20,21,22). The Labute approximate surface area is 154 Å². The molecular weight excluding hydrogens is 330 g/mol. The normalized spacial score (nSPS) is 15.7. The van der Waals surface area contributed by atoms with Crippen molar-refractivity contribution in [1.82, 2.24) is 25.0 Å². The second kappa shape index (κ2) is 8.80. The summed E-state index contributed by atoms with van der Waals surface area (Å²) in [5.41, 5.74) is 1.08. The number of carbonyl (C=O) groups is 1. The van der Waals surface area contributed by atoms with E-state index in [-0.39, 0.29) is 5.91 Å². The molecule has 0 radical (unpaired) electrons. The summed E-state index contributed by atoms with van der Waals surface area (Å²) in [5.74, 6) is 2.72. The molecule has 140 valence electrons. The average molecular weight is 357 g/mol. The number of aromatic amines is 1. The molecule has 1 aromatic carbocycles. The number of benzene rings is 1. The van der Waals surface area contributed by atoms with E-state index >= 15 is 0 Å². The molecule has 1 aliphatic rings. The van der Waals surface area contributed by atoms with Crippen molar-refractivity contribution in [1.29, 1.82) is 0 Å². The Morgan fingerprint density at radius 1 is 1.23 bits per heavy atom. The van der Waals surface area contributed by atoms with Crippen LogP contribution in [0, 0.1) is 6.92 Å². The molecule has 7 heteroatoms. The predicted molar refractivity (Wildman–Crippen MR) is 98.9 cm³/mol. The Balaban J connectivity index is 1.49. The van der Waals surface area contributed by atoms with E-state index < -0.39 is 0 Å². The lowest BCUT2D eigenvalue weighted by molar-refractivity contribution is -0.131. The molecule has 0 saturated carbocycles. The maximum Gasteiger partial charge on any atom is 0.222 e. The first kappa shape index (κ1) is 18.4. The largest absolute Gasteiger partial charge is 0.496 e. The average Bonchev–Trinajstić information content (AvgIpc) is 2.92. The van der Waals surface area contributed by atoms with Gasteiger partial charge in [0.05, 0.1) is 13.7 Å². The summed E-state index contributed by atoms with van der Waals surface area (Å²) in [6.07, 6.45) is 2.20. The lowest BCUT2D eigenvalue weighted by atomic mass is 10.1. The van der Waals surface area contributed by atoms with Crippen molar-refractivity contribution in [2.24, 2.45) is 0 Å². The van der Waals surface area contributed by atoms with Gasteiger partial charge in [-0.3, -0.25) is 14.8 Å². The summed E-state index contributed by atoms with van der Waals surface area (Å²) in [5, 5.41) is 7.08. The Hall–Kier alpha value is -2.41. The van der Waals surface area contributed by atoms with Crippen LogP contribution in [-0.2, 0) is 17.8 Å². The van der Waals surface area contributed by atoms with Crippen molar-refractivity contribution < 1.29 is 9.53 Å². The zero-order chi connectivity index (χ0) is 18.4. The second-order valence-corrected chi connectivity index (χ2v) is 6.66. The first-order chi connectivity index (χ1) is 12.7. The summed E-state index contributed by atoms with van der Waals surface area (Å²) in [6.45, 7) is 6.02. The molecule has 0 aliphatic carbocycles. The Morgan fingerprint density at radius 2 is 2.08 bits per heavy atom. The molecule has 1 aliphatic heterocycles. The summed E-state index contributed by atoms with van der Waals surface area (Å²) < 4.78 is 5.37. The van der Waals surface area contributed by atoms with E-state index in [4.69, 9.17) is 4.74 Å². The zero-order valence-electron chi connectivity index (χ0n) is 15.6. The minimum absolute atomic E-state index is 0.214. The van der Waals surface area contributed by atoms with Crippen LogP contribution in [0.15, 0.2) is 24.3 Å². The molecule has 0 bridgehead atoms. The van der Waals surface area contributed by atoms with Crippen LogP contribution >= 0.6 is 0 Å². The van der Waals surface area contributed by atoms with E-state index in [1.54, 1.807) is 7.11 Å². The van der Waals surface area contributed by atoms with E-state index in [9.17, 15) is 4.79 Å². The van der Waals surface area contributed by atoms with Crippen LogP contribution in [0.1, 0.15) is 30.1 Å². The van der Waals surface area contributed by atoms with Crippen LogP contribution in [0.5, 0.6) is 5.75 Å². The molecule has 1 saturated heterocycles. The van der Waals surface area contributed by atoms with Gasteiger partial charge in [0.1, 0.15) is 11.6 Å². The first-order valence-electron chi connectivity index (χ1n) is 9.15. The number of nitrogens with zero attached hydrogens (tertiary/aromatic N) is 4. The lowest BCUT2D eigenvalue weighted by Crippen LogP contribution is -2.35. The van der Waals surface area contributed by atoms with Gasteiger partial charge in [-0.2, -0.15) is 5.10 Å². The molecule has 1 fully saturated rings. The lowest BCUT2D eigenvalue weighted by Gasteiger charge is -2.21. The number of ether oxygens (including phenoxy) is 1. The summed E-state index contributed by atoms with van der Waals surface area (Å²) in [4.78, 5) is 21.3. The zero-order valence-corrected chi connectivity index (χ0v) is 15.6. The SMILES string of the molecule is COc1ccccc1CCC(=O)N1CCCN(Cc2n[nH]c(C)n2)CC1. The van der Waals surface area contributed by atoms with Crippen molar-refractivity contribution in [3.8, 4) is 5.75 Å². The van der Waals surface area contributed by atoms with Crippen molar-refractivity contribution in [2.75, 3.05) is 33.3 Å². The highest BCUT2D eigenvalue weighted by molar-refractivity contribution is 5.76. The van der Waals surface area contributed by atoms with Gasteiger partial charge in [0.15, 0.2) is 5.82 Å². The molecule has 0 unspecified atom stereocenters. The molecule has 0 spiro atoms. The summed E-state index contributed by atoms with van der Waals surface area (Å²) in [7, 11) is 1.67. The van der Waals surface area contributed by atoms with Gasteiger partial charge >= 0.3 is 0 Å². The topological polar surface area (TPSA) is 74.3 Å².